The highest BCUT2D eigenvalue weighted by Gasteiger charge is 2.38. The van der Waals surface area contributed by atoms with Crippen molar-refractivity contribution < 1.29 is 23.1 Å². The minimum atomic E-state index is -3.73. The number of nitrogens with zero attached hydrogens (tertiary/aromatic N) is 2. The molecule has 2 heterocycles. The molecule has 0 aliphatic carbocycles. The molecule has 0 saturated carbocycles. The zero-order valence-corrected chi connectivity index (χ0v) is 23.6. The number of pyridine rings is 1. The largest absolute Gasteiger partial charge is 0.479 e. The van der Waals surface area contributed by atoms with Crippen LogP contribution < -0.4 is 4.31 Å². The van der Waals surface area contributed by atoms with Crippen molar-refractivity contribution in [3.63, 3.8) is 0 Å². The van der Waals surface area contributed by atoms with Crippen molar-refractivity contribution in [1.29, 1.82) is 0 Å². The molecule has 1 atom stereocenters. The van der Waals surface area contributed by atoms with E-state index in [1.165, 1.54) is 4.31 Å². The number of benzene rings is 2. The maximum absolute atomic E-state index is 13.1. The SMILES string of the molecule is Cc1ccc2c(n1)CN(S(C)(=O)=O)c1c(C)c([C@H](OC(C)(C)C)C(=O)O)c(-c3ccc(Cl)cc3)c(C)c1-2. The average molecular weight is 543 g/mol. The Kier molecular flexibility index (Phi) is 6.90. The zero-order valence-electron chi connectivity index (χ0n) is 22.0. The molecule has 7 nitrogen and oxygen atoms in total. The van der Waals surface area contributed by atoms with Gasteiger partial charge in [-0.25, -0.2) is 13.2 Å². The van der Waals surface area contributed by atoms with E-state index < -0.39 is 27.7 Å². The van der Waals surface area contributed by atoms with Crippen LogP contribution in [0.15, 0.2) is 36.4 Å². The van der Waals surface area contributed by atoms with Crippen LogP contribution in [0.1, 0.15) is 55.0 Å². The van der Waals surface area contributed by atoms with Gasteiger partial charge < -0.3 is 9.84 Å². The Morgan fingerprint density at radius 1 is 1.05 bits per heavy atom. The summed E-state index contributed by atoms with van der Waals surface area (Å²) in [5.74, 6) is -1.16. The van der Waals surface area contributed by atoms with Crippen molar-refractivity contribution in [2.24, 2.45) is 0 Å². The van der Waals surface area contributed by atoms with E-state index in [2.05, 4.69) is 4.98 Å². The highest BCUT2D eigenvalue weighted by atomic mass is 35.5. The standard InChI is InChI=1S/C28H31ClN2O5S/c1-15-8-13-20-21(30-15)14-31(37(7,34)35)25-17(3)24(26(27(32)33)36-28(4,5)6)22(16(2)23(20)25)18-9-11-19(29)12-10-18/h8-13,26H,14H2,1-7H3,(H,32,33)/t26-/m0/s1. The number of hydrogen-bond donors (Lipinski definition) is 1. The molecule has 3 aromatic rings. The topological polar surface area (TPSA) is 96.8 Å². The van der Waals surface area contributed by atoms with Crippen molar-refractivity contribution in [2.45, 2.75) is 59.8 Å². The summed E-state index contributed by atoms with van der Waals surface area (Å²) in [6.07, 6.45) is -0.187. The molecule has 196 valence electrons. The van der Waals surface area contributed by atoms with Gasteiger partial charge in [-0.1, -0.05) is 29.8 Å². The number of sulfonamides is 1. The number of rotatable bonds is 5. The van der Waals surface area contributed by atoms with Crippen LogP contribution in [-0.4, -0.2) is 36.3 Å². The summed E-state index contributed by atoms with van der Waals surface area (Å²) in [4.78, 5) is 17.3. The van der Waals surface area contributed by atoms with Gasteiger partial charge in [0.2, 0.25) is 10.0 Å². The molecule has 1 N–H and O–H groups in total. The molecule has 0 amide bonds. The molecular weight excluding hydrogens is 512 g/mol. The van der Waals surface area contributed by atoms with Gasteiger partial charge in [0.15, 0.2) is 6.10 Å². The number of ether oxygens (including phenoxy) is 1. The number of halogens is 1. The third-order valence-corrected chi connectivity index (χ3v) is 7.80. The summed E-state index contributed by atoms with van der Waals surface area (Å²) in [5.41, 5.74) is 5.75. The molecule has 0 saturated heterocycles. The number of hydrogen-bond acceptors (Lipinski definition) is 5. The Labute approximate surface area is 223 Å². The van der Waals surface area contributed by atoms with E-state index in [0.717, 1.165) is 28.6 Å². The number of aliphatic carboxylic acids is 1. The van der Waals surface area contributed by atoms with Crippen LogP contribution in [0.5, 0.6) is 0 Å². The second kappa shape index (κ2) is 9.42. The van der Waals surface area contributed by atoms with Gasteiger partial charge >= 0.3 is 5.97 Å². The quantitative estimate of drug-likeness (QED) is 0.411. The first-order valence-corrected chi connectivity index (χ1v) is 14.1. The lowest BCUT2D eigenvalue weighted by atomic mass is 9.81. The number of aromatic nitrogens is 1. The predicted octanol–water partition coefficient (Wildman–Crippen LogP) is 6.21. The monoisotopic (exact) mass is 542 g/mol. The van der Waals surface area contributed by atoms with Gasteiger partial charge in [-0.05, 0) is 82.0 Å². The highest BCUT2D eigenvalue weighted by Crippen LogP contribution is 2.51. The second-order valence-electron chi connectivity index (χ2n) is 10.4. The van der Waals surface area contributed by atoms with Crippen molar-refractivity contribution >= 4 is 33.3 Å². The molecule has 1 aromatic heterocycles. The number of fused-ring (bicyclic) bond motifs is 3. The lowest BCUT2D eigenvalue weighted by molar-refractivity contribution is -0.160. The number of anilines is 1. The first kappa shape index (κ1) is 27.1. The fraction of sp³-hybridized carbons (Fsp3) is 0.357. The van der Waals surface area contributed by atoms with Gasteiger partial charge in [0.05, 0.1) is 29.8 Å². The molecule has 37 heavy (non-hydrogen) atoms. The number of carbonyl (C=O) groups is 1. The van der Waals surface area contributed by atoms with E-state index >= 15 is 0 Å². The fourth-order valence-electron chi connectivity index (χ4n) is 5.01. The molecule has 4 rings (SSSR count). The van der Waals surface area contributed by atoms with Gasteiger partial charge in [0, 0.05) is 27.4 Å². The summed E-state index contributed by atoms with van der Waals surface area (Å²) >= 11 is 6.18. The van der Waals surface area contributed by atoms with Crippen LogP contribution in [0, 0.1) is 20.8 Å². The summed E-state index contributed by atoms with van der Waals surface area (Å²) in [6, 6.07) is 11.0. The van der Waals surface area contributed by atoms with E-state index in [1.54, 1.807) is 39.8 Å². The molecule has 0 fully saturated rings. The van der Waals surface area contributed by atoms with E-state index in [9.17, 15) is 18.3 Å². The average Bonchev–Trinajstić information content (AvgIpc) is 2.78. The molecule has 0 bridgehead atoms. The number of carboxylic acid groups (broad SMARTS) is 1. The number of aryl methyl sites for hydroxylation is 1. The van der Waals surface area contributed by atoms with Gasteiger partial charge in [-0.2, -0.15) is 0 Å². The molecule has 0 spiro atoms. The fourth-order valence-corrected chi connectivity index (χ4v) is 6.05. The Hall–Kier alpha value is -2.94. The van der Waals surface area contributed by atoms with Crippen LogP contribution in [-0.2, 0) is 26.1 Å². The van der Waals surface area contributed by atoms with E-state index in [0.29, 0.717) is 38.7 Å². The zero-order chi connectivity index (χ0) is 27.4. The first-order chi connectivity index (χ1) is 17.1. The van der Waals surface area contributed by atoms with Gasteiger partial charge in [0.1, 0.15) is 0 Å². The molecule has 2 aromatic carbocycles. The smallest absolute Gasteiger partial charge is 0.337 e. The molecule has 0 radical (unpaired) electrons. The van der Waals surface area contributed by atoms with Crippen molar-refractivity contribution in [1.82, 2.24) is 4.98 Å². The molecule has 0 unspecified atom stereocenters. The van der Waals surface area contributed by atoms with E-state index in [1.807, 2.05) is 38.1 Å². The van der Waals surface area contributed by atoms with E-state index in [4.69, 9.17) is 16.3 Å². The van der Waals surface area contributed by atoms with Crippen molar-refractivity contribution in [3.8, 4) is 22.3 Å². The highest BCUT2D eigenvalue weighted by molar-refractivity contribution is 7.92. The van der Waals surface area contributed by atoms with Crippen LogP contribution in [0.4, 0.5) is 5.69 Å². The minimum Gasteiger partial charge on any atom is -0.479 e. The van der Waals surface area contributed by atoms with Crippen LogP contribution in [0.3, 0.4) is 0 Å². The normalized spacial score (nSPS) is 14.2. The van der Waals surface area contributed by atoms with Crippen LogP contribution in [0.25, 0.3) is 22.3 Å². The lowest BCUT2D eigenvalue weighted by Crippen LogP contribution is -2.35. The molecule has 9 heteroatoms. The van der Waals surface area contributed by atoms with Gasteiger partial charge in [0.25, 0.3) is 0 Å². The number of carboxylic acids is 1. The van der Waals surface area contributed by atoms with Gasteiger partial charge in [-0.3, -0.25) is 9.29 Å². The Bertz CT molecular complexity index is 1510. The molecular formula is C28H31ClN2O5S. The third kappa shape index (κ3) is 5.10. The van der Waals surface area contributed by atoms with Crippen molar-refractivity contribution in [2.75, 3.05) is 10.6 Å². The first-order valence-electron chi connectivity index (χ1n) is 11.9. The van der Waals surface area contributed by atoms with Crippen LogP contribution in [0.2, 0.25) is 5.02 Å². The summed E-state index contributed by atoms with van der Waals surface area (Å²) in [7, 11) is -3.73. The van der Waals surface area contributed by atoms with E-state index in [-0.39, 0.29) is 6.54 Å². The maximum Gasteiger partial charge on any atom is 0.337 e. The maximum atomic E-state index is 13.1. The lowest BCUT2D eigenvalue weighted by Gasteiger charge is -2.37. The molecule has 1 aliphatic heterocycles. The summed E-state index contributed by atoms with van der Waals surface area (Å²) < 4.78 is 33.6. The third-order valence-electron chi connectivity index (χ3n) is 6.43. The van der Waals surface area contributed by atoms with Crippen molar-refractivity contribution in [3.05, 3.63) is 69.5 Å². The Balaban J connectivity index is 2.21. The Morgan fingerprint density at radius 2 is 1.68 bits per heavy atom. The van der Waals surface area contributed by atoms with Gasteiger partial charge in [-0.15, -0.1) is 0 Å². The summed E-state index contributed by atoms with van der Waals surface area (Å²) in [5, 5.41) is 10.9. The molecule has 1 aliphatic rings. The summed E-state index contributed by atoms with van der Waals surface area (Å²) in [6.45, 7) is 10.9. The second-order valence-corrected chi connectivity index (χ2v) is 12.8. The predicted molar refractivity (Wildman–Crippen MR) is 147 cm³/mol. The van der Waals surface area contributed by atoms with Crippen LogP contribution >= 0.6 is 11.6 Å². The Morgan fingerprint density at radius 3 is 2.22 bits per heavy atom. The minimum absolute atomic E-state index is 0.0563.